The standard InChI is InChI=1S/C62H102O6/c1-4-7-10-13-16-18-20-22-24-26-28-29-30-31-32-33-35-36-38-40-42-44-46-49-52-55-61(64)67-58-59(57-66-60(63)54-51-48-15-12-9-6-3)68-62(65)56-53-50-47-45-43-41-39-37-34-27-25-23-21-19-17-14-11-8-5-2/h7-8,10-11,16-19,22-25,28-29,34,37,41,43,59H,4-6,9,12-15,20-21,26-27,30-33,35-36,38-40,42,44-58H2,1-3H3/b10-7-,11-8-,18-16-,19-17-,24-22-,25-23-,29-28-,37-34-,43-41-. The van der Waals surface area contributed by atoms with Crippen molar-refractivity contribution in [3.05, 3.63) is 109 Å². The number of carbonyl (C=O) groups is 3. The minimum Gasteiger partial charge on any atom is -0.462 e. The zero-order chi connectivity index (χ0) is 49.3. The summed E-state index contributed by atoms with van der Waals surface area (Å²) in [5.41, 5.74) is 0. The summed E-state index contributed by atoms with van der Waals surface area (Å²) in [4.78, 5) is 37.9. The Kier molecular flexibility index (Phi) is 52.4. The van der Waals surface area contributed by atoms with Crippen LogP contribution in [0.3, 0.4) is 0 Å². The van der Waals surface area contributed by atoms with Crippen molar-refractivity contribution in [1.82, 2.24) is 0 Å². The summed E-state index contributed by atoms with van der Waals surface area (Å²) >= 11 is 0. The van der Waals surface area contributed by atoms with Crippen LogP contribution in [0, 0.1) is 0 Å². The topological polar surface area (TPSA) is 78.9 Å². The number of carbonyl (C=O) groups excluding carboxylic acids is 3. The second-order valence-electron chi connectivity index (χ2n) is 18.1. The van der Waals surface area contributed by atoms with Gasteiger partial charge in [0.05, 0.1) is 0 Å². The molecule has 0 spiro atoms. The highest BCUT2D eigenvalue weighted by molar-refractivity contribution is 5.71. The van der Waals surface area contributed by atoms with Gasteiger partial charge < -0.3 is 14.2 Å². The Morgan fingerprint density at radius 1 is 0.309 bits per heavy atom. The molecule has 0 rings (SSSR count). The maximum atomic E-state index is 12.8. The van der Waals surface area contributed by atoms with Crippen LogP contribution in [0.4, 0.5) is 0 Å². The number of allylic oxidation sites excluding steroid dienone is 18. The van der Waals surface area contributed by atoms with E-state index < -0.39 is 6.10 Å². The van der Waals surface area contributed by atoms with Gasteiger partial charge in [-0.05, 0) is 103 Å². The lowest BCUT2D eigenvalue weighted by Crippen LogP contribution is -2.30. The molecule has 0 heterocycles. The molecule has 0 aromatic rings. The van der Waals surface area contributed by atoms with E-state index in [-0.39, 0.29) is 37.5 Å². The van der Waals surface area contributed by atoms with Crippen LogP contribution >= 0.6 is 0 Å². The van der Waals surface area contributed by atoms with Gasteiger partial charge in [0, 0.05) is 19.3 Å². The molecular weight excluding hydrogens is 841 g/mol. The predicted octanol–water partition coefficient (Wildman–Crippen LogP) is 18.7. The predicted molar refractivity (Wildman–Crippen MR) is 293 cm³/mol. The Morgan fingerprint density at radius 2 is 0.574 bits per heavy atom. The zero-order valence-electron chi connectivity index (χ0n) is 44.1. The number of ether oxygens (including phenoxy) is 3. The summed E-state index contributed by atoms with van der Waals surface area (Å²) in [6.07, 6.45) is 75.4. The van der Waals surface area contributed by atoms with Crippen LogP contribution < -0.4 is 0 Å². The molecular formula is C62H102O6. The minimum absolute atomic E-state index is 0.0928. The monoisotopic (exact) mass is 943 g/mol. The molecule has 0 radical (unpaired) electrons. The largest absolute Gasteiger partial charge is 0.462 e. The molecule has 0 amide bonds. The van der Waals surface area contributed by atoms with E-state index >= 15 is 0 Å². The Hall–Kier alpha value is -3.93. The van der Waals surface area contributed by atoms with E-state index in [0.29, 0.717) is 12.8 Å². The molecule has 386 valence electrons. The molecule has 0 aromatic carbocycles. The Balaban J connectivity index is 4.21. The lowest BCUT2D eigenvalue weighted by atomic mass is 10.0. The van der Waals surface area contributed by atoms with Crippen LogP contribution in [0.1, 0.15) is 245 Å². The fraction of sp³-hybridized carbons (Fsp3) is 0.661. The Labute approximate surface area is 419 Å². The van der Waals surface area contributed by atoms with Gasteiger partial charge in [-0.1, -0.05) is 233 Å². The van der Waals surface area contributed by atoms with E-state index in [1.54, 1.807) is 0 Å². The van der Waals surface area contributed by atoms with E-state index in [9.17, 15) is 14.4 Å². The van der Waals surface area contributed by atoms with Gasteiger partial charge in [-0.3, -0.25) is 14.4 Å². The molecule has 0 saturated carbocycles. The van der Waals surface area contributed by atoms with Gasteiger partial charge in [0.1, 0.15) is 13.2 Å². The molecule has 0 fully saturated rings. The van der Waals surface area contributed by atoms with Gasteiger partial charge in [0.2, 0.25) is 0 Å². The molecule has 6 nitrogen and oxygen atoms in total. The minimum atomic E-state index is -0.794. The van der Waals surface area contributed by atoms with Gasteiger partial charge in [0.15, 0.2) is 6.10 Å². The Bertz CT molecular complexity index is 1410. The first kappa shape index (κ1) is 64.1. The first-order valence-electron chi connectivity index (χ1n) is 27.9. The molecule has 0 bridgehead atoms. The van der Waals surface area contributed by atoms with E-state index in [1.165, 1.54) is 83.5 Å². The Morgan fingerprint density at radius 3 is 0.912 bits per heavy atom. The summed E-state index contributed by atoms with van der Waals surface area (Å²) < 4.78 is 16.7. The molecule has 1 unspecified atom stereocenters. The second-order valence-corrected chi connectivity index (χ2v) is 18.1. The summed E-state index contributed by atoms with van der Waals surface area (Å²) in [5.74, 6) is -0.938. The van der Waals surface area contributed by atoms with Gasteiger partial charge in [-0.2, -0.15) is 0 Å². The number of esters is 3. The van der Waals surface area contributed by atoms with Crippen molar-refractivity contribution in [3.8, 4) is 0 Å². The van der Waals surface area contributed by atoms with Gasteiger partial charge in [-0.15, -0.1) is 0 Å². The smallest absolute Gasteiger partial charge is 0.306 e. The van der Waals surface area contributed by atoms with E-state index in [2.05, 4.69) is 130 Å². The van der Waals surface area contributed by atoms with Crippen LogP contribution in [0.2, 0.25) is 0 Å². The van der Waals surface area contributed by atoms with Crippen LogP contribution in [-0.4, -0.2) is 37.2 Å². The summed E-state index contributed by atoms with van der Waals surface area (Å²) in [6, 6.07) is 0. The van der Waals surface area contributed by atoms with Crippen LogP contribution in [-0.2, 0) is 28.6 Å². The van der Waals surface area contributed by atoms with Crippen molar-refractivity contribution < 1.29 is 28.6 Å². The first-order chi connectivity index (χ1) is 33.5. The van der Waals surface area contributed by atoms with Crippen molar-refractivity contribution in [2.75, 3.05) is 13.2 Å². The zero-order valence-corrected chi connectivity index (χ0v) is 44.1. The van der Waals surface area contributed by atoms with Crippen molar-refractivity contribution in [3.63, 3.8) is 0 Å². The number of hydrogen-bond acceptors (Lipinski definition) is 6. The highest BCUT2D eigenvalue weighted by atomic mass is 16.6. The van der Waals surface area contributed by atoms with Crippen LogP contribution in [0.5, 0.6) is 0 Å². The highest BCUT2D eigenvalue weighted by Gasteiger charge is 2.19. The third-order valence-corrected chi connectivity index (χ3v) is 11.5. The van der Waals surface area contributed by atoms with E-state index in [1.807, 2.05) is 0 Å². The fourth-order valence-electron chi connectivity index (χ4n) is 7.40. The molecule has 0 aliphatic rings. The second kappa shape index (κ2) is 55.7. The average Bonchev–Trinajstić information content (AvgIpc) is 3.34. The third-order valence-electron chi connectivity index (χ3n) is 11.5. The van der Waals surface area contributed by atoms with Crippen molar-refractivity contribution >= 4 is 17.9 Å². The van der Waals surface area contributed by atoms with E-state index in [0.717, 1.165) is 122 Å². The molecule has 6 heteroatoms. The molecule has 0 N–H and O–H groups in total. The maximum absolute atomic E-state index is 12.8. The van der Waals surface area contributed by atoms with Crippen LogP contribution in [0.25, 0.3) is 0 Å². The molecule has 1 atom stereocenters. The average molecular weight is 943 g/mol. The van der Waals surface area contributed by atoms with Gasteiger partial charge in [-0.25, -0.2) is 0 Å². The number of unbranched alkanes of at least 4 members (excludes halogenated alkanes) is 20. The number of hydrogen-bond donors (Lipinski definition) is 0. The van der Waals surface area contributed by atoms with Crippen molar-refractivity contribution in [2.45, 2.75) is 252 Å². The first-order valence-corrected chi connectivity index (χ1v) is 27.9. The summed E-state index contributed by atoms with van der Waals surface area (Å²) in [7, 11) is 0. The quantitative estimate of drug-likeness (QED) is 0.0262. The molecule has 0 aliphatic heterocycles. The number of rotatable bonds is 49. The fourth-order valence-corrected chi connectivity index (χ4v) is 7.40. The van der Waals surface area contributed by atoms with Crippen molar-refractivity contribution in [2.24, 2.45) is 0 Å². The normalized spacial score (nSPS) is 12.9. The van der Waals surface area contributed by atoms with Gasteiger partial charge >= 0.3 is 17.9 Å². The van der Waals surface area contributed by atoms with Crippen LogP contribution in [0.15, 0.2) is 109 Å². The SMILES string of the molecule is CC/C=C\C/C=C\C/C=C\C/C=C\C/C=C\CCCCCC(=O)OC(COC(=O)CCCCCCCC)COC(=O)CCCCCCCCCCCCCC/C=C\C/C=C\C/C=C\C/C=C\CC. The van der Waals surface area contributed by atoms with Crippen molar-refractivity contribution in [1.29, 1.82) is 0 Å². The molecule has 0 saturated heterocycles. The summed E-state index contributed by atoms with van der Waals surface area (Å²) in [5, 5.41) is 0. The molecule has 0 aliphatic carbocycles. The van der Waals surface area contributed by atoms with Gasteiger partial charge in [0.25, 0.3) is 0 Å². The lowest BCUT2D eigenvalue weighted by molar-refractivity contribution is -0.167. The van der Waals surface area contributed by atoms with E-state index in [4.69, 9.17) is 14.2 Å². The maximum Gasteiger partial charge on any atom is 0.306 e. The summed E-state index contributed by atoms with van der Waals surface area (Å²) in [6.45, 7) is 6.32. The molecule has 0 aromatic heterocycles. The molecule has 68 heavy (non-hydrogen) atoms. The lowest BCUT2D eigenvalue weighted by Gasteiger charge is -2.18. The third kappa shape index (κ3) is 53.0. The highest BCUT2D eigenvalue weighted by Crippen LogP contribution is 2.15.